The van der Waals surface area contributed by atoms with E-state index in [-0.39, 0.29) is 11.1 Å². The minimum Gasteiger partial charge on any atom is -0.496 e. The lowest BCUT2D eigenvalue weighted by molar-refractivity contribution is 0.0597. The highest BCUT2D eigenvalue weighted by atomic mass is 16.5. The fourth-order valence-corrected chi connectivity index (χ4v) is 1.65. The van der Waals surface area contributed by atoms with E-state index in [1.807, 2.05) is 0 Å². The van der Waals surface area contributed by atoms with E-state index >= 15 is 0 Å². The first-order valence-corrected chi connectivity index (χ1v) is 5.48. The first-order valence-electron chi connectivity index (χ1n) is 5.48. The number of benzene rings is 1. The zero-order valence-corrected chi connectivity index (χ0v) is 10.5. The monoisotopic (exact) mass is 260 g/mol. The number of esters is 1. The number of methoxy groups -OCH3 is 2. The first-order chi connectivity index (χ1) is 9.17. The van der Waals surface area contributed by atoms with Gasteiger partial charge in [-0.05, 0) is 24.3 Å². The second-order valence-corrected chi connectivity index (χ2v) is 3.65. The van der Waals surface area contributed by atoms with Gasteiger partial charge in [-0.15, -0.1) is 0 Å². The molecule has 2 rings (SSSR count). The van der Waals surface area contributed by atoms with Gasteiger partial charge in [0.05, 0.1) is 19.9 Å². The SMILES string of the molecule is COC(=O)c1cc(-n2ncccc2=O)ccc1OC. The van der Waals surface area contributed by atoms with Gasteiger partial charge >= 0.3 is 5.97 Å². The van der Waals surface area contributed by atoms with Crippen molar-refractivity contribution >= 4 is 5.97 Å². The van der Waals surface area contributed by atoms with Crippen LogP contribution in [0.15, 0.2) is 41.3 Å². The fourth-order valence-electron chi connectivity index (χ4n) is 1.65. The van der Waals surface area contributed by atoms with Gasteiger partial charge < -0.3 is 9.47 Å². The van der Waals surface area contributed by atoms with Crippen LogP contribution in [0.1, 0.15) is 10.4 Å². The molecule has 0 fully saturated rings. The molecule has 0 aliphatic carbocycles. The Hall–Kier alpha value is -2.63. The number of nitrogens with zero attached hydrogens (tertiary/aromatic N) is 2. The molecular formula is C13H12N2O4. The number of hydrogen-bond donors (Lipinski definition) is 0. The third-order valence-corrected chi connectivity index (χ3v) is 2.55. The zero-order valence-electron chi connectivity index (χ0n) is 10.5. The van der Waals surface area contributed by atoms with Gasteiger partial charge in [0.1, 0.15) is 11.3 Å². The molecule has 0 radical (unpaired) electrons. The van der Waals surface area contributed by atoms with Crippen LogP contribution in [0.25, 0.3) is 5.69 Å². The first kappa shape index (κ1) is 12.8. The van der Waals surface area contributed by atoms with E-state index in [1.54, 1.807) is 18.2 Å². The summed E-state index contributed by atoms with van der Waals surface area (Å²) in [5.41, 5.74) is 0.412. The molecule has 0 saturated carbocycles. The smallest absolute Gasteiger partial charge is 0.341 e. The van der Waals surface area contributed by atoms with Crippen molar-refractivity contribution in [3.8, 4) is 11.4 Å². The van der Waals surface area contributed by atoms with Crippen LogP contribution in [0.3, 0.4) is 0 Å². The Kier molecular flexibility index (Phi) is 3.61. The van der Waals surface area contributed by atoms with Crippen LogP contribution < -0.4 is 10.3 Å². The summed E-state index contributed by atoms with van der Waals surface area (Å²) in [5, 5.41) is 3.94. The van der Waals surface area contributed by atoms with E-state index in [4.69, 9.17) is 4.74 Å². The van der Waals surface area contributed by atoms with Crippen LogP contribution in [-0.2, 0) is 4.74 Å². The minimum absolute atomic E-state index is 0.236. The van der Waals surface area contributed by atoms with E-state index in [2.05, 4.69) is 9.84 Å². The predicted molar refractivity (Wildman–Crippen MR) is 67.7 cm³/mol. The molecule has 2 aromatic rings. The van der Waals surface area contributed by atoms with Gasteiger partial charge in [-0.3, -0.25) is 4.79 Å². The van der Waals surface area contributed by atoms with Crippen molar-refractivity contribution in [3.63, 3.8) is 0 Å². The topological polar surface area (TPSA) is 70.4 Å². The van der Waals surface area contributed by atoms with Gasteiger partial charge in [0.15, 0.2) is 0 Å². The van der Waals surface area contributed by atoms with Gasteiger partial charge in [-0.25, -0.2) is 4.79 Å². The molecule has 0 N–H and O–H groups in total. The third kappa shape index (κ3) is 2.47. The van der Waals surface area contributed by atoms with Crippen LogP contribution >= 0.6 is 0 Å². The van der Waals surface area contributed by atoms with E-state index in [0.29, 0.717) is 11.4 Å². The maximum atomic E-state index is 11.7. The summed E-state index contributed by atoms with van der Waals surface area (Å²) >= 11 is 0. The third-order valence-electron chi connectivity index (χ3n) is 2.55. The molecule has 0 aliphatic heterocycles. The van der Waals surface area contributed by atoms with Crippen LogP contribution in [0.5, 0.6) is 5.75 Å². The van der Waals surface area contributed by atoms with Crippen molar-refractivity contribution in [3.05, 3.63) is 52.4 Å². The highest BCUT2D eigenvalue weighted by Crippen LogP contribution is 2.21. The molecule has 0 saturated heterocycles. The minimum atomic E-state index is -0.539. The molecule has 98 valence electrons. The molecule has 0 aliphatic rings. The van der Waals surface area contributed by atoms with Crippen molar-refractivity contribution < 1.29 is 14.3 Å². The normalized spacial score (nSPS) is 10.0. The number of carbonyl (C=O) groups excluding carboxylic acids is 1. The summed E-state index contributed by atoms with van der Waals surface area (Å²) in [5.74, 6) is -0.165. The van der Waals surface area contributed by atoms with E-state index in [9.17, 15) is 9.59 Å². The quantitative estimate of drug-likeness (QED) is 0.771. The molecule has 0 atom stereocenters. The number of aromatic nitrogens is 2. The standard InChI is InChI=1S/C13H12N2O4/c1-18-11-6-5-9(8-10(11)13(17)19-2)15-12(16)4-3-7-14-15/h3-8H,1-2H3. The van der Waals surface area contributed by atoms with E-state index in [1.165, 1.54) is 37.2 Å². The van der Waals surface area contributed by atoms with Crippen LogP contribution in [0, 0.1) is 0 Å². The molecule has 0 unspecified atom stereocenters. The molecule has 0 spiro atoms. The van der Waals surface area contributed by atoms with Crippen molar-refractivity contribution in [2.24, 2.45) is 0 Å². The van der Waals surface area contributed by atoms with Gasteiger partial charge in [-0.2, -0.15) is 9.78 Å². The summed E-state index contributed by atoms with van der Waals surface area (Å²) in [6, 6.07) is 7.65. The Balaban J connectivity index is 2.58. The van der Waals surface area contributed by atoms with Crippen LogP contribution in [-0.4, -0.2) is 30.0 Å². The Morgan fingerprint density at radius 1 is 1.26 bits per heavy atom. The number of rotatable bonds is 3. The molecule has 0 amide bonds. The summed E-state index contributed by atoms with van der Waals surface area (Å²) in [7, 11) is 2.73. The second kappa shape index (κ2) is 5.34. The highest BCUT2D eigenvalue weighted by Gasteiger charge is 2.14. The van der Waals surface area contributed by atoms with Crippen molar-refractivity contribution in [2.75, 3.05) is 14.2 Å². The van der Waals surface area contributed by atoms with Crippen molar-refractivity contribution in [1.29, 1.82) is 0 Å². The number of hydrogen-bond acceptors (Lipinski definition) is 5. The summed E-state index contributed by atoms with van der Waals surface area (Å²) in [6.45, 7) is 0. The fraction of sp³-hybridized carbons (Fsp3) is 0.154. The lowest BCUT2D eigenvalue weighted by Gasteiger charge is -2.09. The largest absolute Gasteiger partial charge is 0.496 e. The van der Waals surface area contributed by atoms with Gasteiger partial charge in [-0.1, -0.05) is 0 Å². The molecular weight excluding hydrogens is 248 g/mol. The molecule has 0 bridgehead atoms. The predicted octanol–water partition coefficient (Wildman–Crippen LogP) is 1.03. The number of ether oxygens (including phenoxy) is 2. The van der Waals surface area contributed by atoms with Gasteiger partial charge in [0, 0.05) is 12.3 Å². The average Bonchev–Trinajstić information content (AvgIpc) is 2.46. The maximum Gasteiger partial charge on any atom is 0.341 e. The van der Waals surface area contributed by atoms with Crippen molar-refractivity contribution in [2.45, 2.75) is 0 Å². The lowest BCUT2D eigenvalue weighted by Crippen LogP contribution is -2.19. The average molecular weight is 260 g/mol. The van der Waals surface area contributed by atoms with E-state index < -0.39 is 5.97 Å². The summed E-state index contributed by atoms with van der Waals surface area (Å²) in [4.78, 5) is 23.3. The molecule has 19 heavy (non-hydrogen) atoms. The zero-order chi connectivity index (χ0) is 13.8. The second-order valence-electron chi connectivity index (χ2n) is 3.65. The molecule has 1 aromatic heterocycles. The Morgan fingerprint density at radius 3 is 2.68 bits per heavy atom. The Labute approximate surface area is 109 Å². The Morgan fingerprint density at radius 2 is 2.05 bits per heavy atom. The van der Waals surface area contributed by atoms with Crippen molar-refractivity contribution in [1.82, 2.24) is 9.78 Å². The number of carbonyl (C=O) groups is 1. The molecule has 1 heterocycles. The summed E-state index contributed by atoms with van der Waals surface area (Å²) < 4.78 is 10.9. The Bertz CT molecular complexity index is 664. The maximum absolute atomic E-state index is 11.7. The molecule has 1 aromatic carbocycles. The summed E-state index contributed by atoms with van der Waals surface area (Å²) in [6.07, 6.45) is 1.49. The lowest BCUT2D eigenvalue weighted by atomic mass is 10.1. The highest BCUT2D eigenvalue weighted by molar-refractivity contribution is 5.93. The van der Waals surface area contributed by atoms with Gasteiger partial charge in [0.2, 0.25) is 0 Å². The van der Waals surface area contributed by atoms with Gasteiger partial charge in [0.25, 0.3) is 5.56 Å². The molecule has 6 heteroatoms. The molecule has 6 nitrogen and oxygen atoms in total. The van der Waals surface area contributed by atoms with Crippen LogP contribution in [0.2, 0.25) is 0 Å². The van der Waals surface area contributed by atoms with Crippen LogP contribution in [0.4, 0.5) is 0 Å². The van der Waals surface area contributed by atoms with E-state index in [0.717, 1.165) is 0 Å².